The highest BCUT2D eigenvalue weighted by molar-refractivity contribution is 5.65. The van der Waals surface area contributed by atoms with Crippen LogP contribution in [0.1, 0.15) is 19.4 Å². The first-order valence-corrected chi connectivity index (χ1v) is 8.59. The lowest BCUT2D eigenvalue weighted by Crippen LogP contribution is -2.10. The molecule has 1 heterocycles. The van der Waals surface area contributed by atoms with E-state index < -0.39 is 0 Å². The van der Waals surface area contributed by atoms with Crippen LogP contribution in [0, 0.1) is 17.2 Å². The highest BCUT2D eigenvalue weighted by atomic mass is 15.1. The fourth-order valence-electron chi connectivity index (χ4n) is 2.40. The van der Waals surface area contributed by atoms with Gasteiger partial charge >= 0.3 is 0 Å². The molecule has 0 saturated heterocycles. The van der Waals surface area contributed by atoms with Gasteiger partial charge in [0, 0.05) is 23.9 Å². The molecule has 3 aromatic rings. The zero-order valence-corrected chi connectivity index (χ0v) is 14.9. The molecule has 5 nitrogen and oxygen atoms in total. The molecule has 0 aliphatic heterocycles. The highest BCUT2D eigenvalue weighted by Crippen LogP contribution is 2.23. The molecule has 0 radical (unpaired) electrons. The summed E-state index contributed by atoms with van der Waals surface area (Å²) in [5, 5.41) is 15.6. The lowest BCUT2D eigenvalue weighted by Gasteiger charge is -2.13. The second-order valence-corrected chi connectivity index (χ2v) is 6.42. The van der Waals surface area contributed by atoms with Gasteiger partial charge in [-0.3, -0.25) is 0 Å². The second kappa shape index (κ2) is 8.13. The number of hydrogen-bond acceptors (Lipinski definition) is 5. The van der Waals surface area contributed by atoms with E-state index in [2.05, 4.69) is 40.5 Å². The van der Waals surface area contributed by atoms with E-state index in [0.29, 0.717) is 23.1 Å². The lowest BCUT2D eigenvalue weighted by atomic mass is 10.2. The number of hydrogen-bond donors (Lipinski definition) is 2. The first kappa shape index (κ1) is 17.4. The van der Waals surface area contributed by atoms with Crippen molar-refractivity contribution in [3.63, 3.8) is 0 Å². The number of nitrogens with one attached hydrogen (secondary N) is 2. The van der Waals surface area contributed by atoms with Gasteiger partial charge in [-0.25, -0.2) is 9.97 Å². The van der Waals surface area contributed by atoms with Crippen LogP contribution >= 0.6 is 0 Å². The van der Waals surface area contributed by atoms with Gasteiger partial charge in [0.25, 0.3) is 0 Å². The Labute approximate surface area is 153 Å². The molecule has 2 aromatic carbocycles. The van der Waals surface area contributed by atoms with Crippen LogP contribution in [-0.4, -0.2) is 16.5 Å². The van der Waals surface area contributed by atoms with Crippen molar-refractivity contribution in [3.05, 3.63) is 66.2 Å². The molecule has 0 aliphatic carbocycles. The Kier molecular flexibility index (Phi) is 5.45. The number of aromatic nitrogens is 2. The Balaban J connectivity index is 1.91. The van der Waals surface area contributed by atoms with Crippen molar-refractivity contribution >= 4 is 17.3 Å². The summed E-state index contributed by atoms with van der Waals surface area (Å²) in [4.78, 5) is 9.28. The number of nitrogens with zero attached hydrogens (tertiary/aromatic N) is 3. The molecule has 2 N–H and O–H groups in total. The van der Waals surface area contributed by atoms with Crippen molar-refractivity contribution in [2.24, 2.45) is 5.92 Å². The number of benzene rings is 2. The summed E-state index contributed by atoms with van der Waals surface area (Å²) in [6.07, 6.45) is 0. The average Bonchev–Trinajstić information content (AvgIpc) is 2.67. The van der Waals surface area contributed by atoms with Gasteiger partial charge in [0.2, 0.25) is 0 Å². The minimum absolute atomic E-state index is 0.514. The molecule has 0 aliphatic rings. The fraction of sp³-hybridized carbons (Fsp3) is 0.190. The SMILES string of the molecule is CC(C)CNc1cc(Nc2ccc(C#N)cc2)nc(-c2ccccc2)n1. The fourth-order valence-corrected chi connectivity index (χ4v) is 2.40. The van der Waals surface area contributed by atoms with Crippen LogP contribution in [0.2, 0.25) is 0 Å². The molecule has 0 bridgehead atoms. The van der Waals surface area contributed by atoms with Crippen LogP contribution < -0.4 is 10.6 Å². The molecule has 5 heteroatoms. The predicted octanol–water partition coefficient (Wildman–Crippen LogP) is 4.83. The number of anilines is 3. The summed E-state index contributed by atoms with van der Waals surface area (Å²) < 4.78 is 0. The van der Waals surface area contributed by atoms with Crippen molar-refractivity contribution in [2.75, 3.05) is 17.2 Å². The van der Waals surface area contributed by atoms with E-state index in [4.69, 9.17) is 5.26 Å². The Morgan fingerprint density at radius 1 is 0.962 bits per heavy atom. The monoisotopic (exact) mass is 343 g/mol. The molecule has 0 saturated carbocycles. The van der Waals surface area contributed by atoms with E-state index >= 15 is 0 Å². The van der Waals surface area contributed by atoms with Gasteiger partial charge in [-0.1, -0.05) is 44.2 Å². The maximum Gasteiger partial charge on any atom is 0.163 e. The largest absolute Gasteiger partial charge is 0.370 e. The van der Waals surface area contributed by atoms with Crippen LogP contribution in [0.5, 0.6) is 0 Å². The molecule has 1 aromatic heterocycles. The summed E-state index contributed by atoms with van der Waals surface area (Å²) in [5.41, 5.74) is 2.46. The normalized spacial score (nSPS) is 10.4. The molecule has 0 unspecified atom stereocenters. The lowest BCUT2D eigenvalue weighted by molar-refractivity contribution is 0.687. The first-order chi connectivity index (χ1) is 12.6. The Bertz CT molecular complexity index is 896. The van der Waals surface area contributed by atoms with Gasteiger partial charge in [-0.15, -0.1) is 0 Å². The van der Waals surface area contributed by atoms with E-state index in [9.17, 15) is 0 Å². The quantitative estimate of drug-likeness (QED) is 0.671. The highest BCUT2D eigenvalue weighted by Gasteiger charge is 2.08. The maximum absolute atomic E-state index is 8.92. The van der Waals surface area contributed by atoms with E-state index in [1.54, 1.807) is 12.1 Å². The molecule has 0 spiro atoms. The standard InChI is InChI=1S/C21H21N5/c1-15(2)14-23-19-12-20(24-18-10-8-16(13-22)9-11-18)26-21(25-19)17-6-4-3-5-7-17/h3-12,15H,14H2,1-2H3,(H2,23,24,25,26). The summed E-state index contributed by atoms with van der Waals surface area (Å²) in [6, 6.07) is 21.2. The third kappa shape index (κ3) is 4.58. The van der Waals surface area contributed by atoms with E-state index in [-0.39, 0.29) is 0 Å². The van der Waals surface area contributed by atoms with Crippen molar-refractivity contribution in [1.29, 1.82) is 5.26 Å². The van der Waals surface area contributed by atoms with Gasteiger partial charge in [-0.2, -0.15) is 5.26 Å². The molecule has 0 atom stereocenters. The third-order valence-electron chi connectivity index (χ3n) is 3.74. The molecule has 3 rings (SSSR count). The Morgan fingerprint density at radius 2 is 1.65 bits per heavy atom. The molecule has 26 heavy (non-hydrogen) atoms. The van der Waals surface area contributed by atoms with Gasteiger partial charge < -0.3 is 10.6 Å². The van der Waals surface area contributed by atoms with Crippen molar-refractivity contribution in [3.8, 4) is 17.5 Å². The van der Waals surface area contributed by atoms with Crippen molar-refractivity contribution in [2.45, 2.75) is 13.8 Å². The minimum atomic E-state index is 0.514. The van der Waals surface area contributed by atoms with Gasteiger partial charge in [0.05, 0.1) is 11.6 Å². The van der Waals surface area contributed by atoms with Crippen molar-refractivity contribution < 1.29 is 0 Å². The van der Waals surface area contributed by atoms with Gasteiger partial charge in [0.1, 0.15) is 11.6 Å². The number of rotatable bonds is 6. The topological polar surface area (TPSA) is 73.6 Å². The zero-order valence-electron chi connectivity index (χ0n) is 14.9. The van der Waals surface area contributed by atoms with Gasteiger partial charge in [-0.05, 0) is 30.2 Å². The summed E-state index contributed by atoms with van der Waals surface area (Å²) >= 11 is 0. The zero-order chi connectivity index (χ0) is 18.4. The van der Waals surface area contributed by atoms with Crippen molar-refractivity contribution in [1.82, 2.24) is 9.97 Å². The molecular formula is C21H21N5. The second-order valence-electron chi connectivity index (χ2n) is 6.42. The maximum atomic E-state index is 8.92. The van der Waals surface area contributed by atoms with Crippen LogP contribution in [-0.2, 0) is 0 Å². The summed E-state index contributed by atoms with van der Waals surface area (Å²) in [5.74, 6) is 2.66. The Morgan fingerprint density at radius 3 is 2.31 bits per heavy atom. The van der Waals surface area contributed by atoms with Crippen LogP contribution in [0.25, 0.3) is 11.4 Å². The summed E-state index contributed by atoms with van der Waals surface area (Å²) in [6.45, 7) is 5.14. The minimum Gasteiger partial charge on any atom is -0.370 e. The third-order valence-corrected chi connectivity index (χ3v) is 3.74. The molecule has 0 fully saturated rings. The molecule has 130 valence electrons. The first-order valence-electron chi connectivity index (χ1n) is 8.59. The average molecular weight is 343 g/mol. The summed E-state index contributed by atoms with van der Waals surface area (Å²) in [7, 11) is 0. The predicted molar refractivity (Wildman–Crippen MR) is 105 cm³/mol. The smallest absolute Gasteiger partial charge is 0.163 e. The van der Waals surface area contributed by atoms with E-state index in [0.717, 1.165) is 23.6 Å². The Hall–Kier alpha value is -3.39. The van der Waals surface area contributed by atoms with E-state index in [1.807, 2.05) is 48.5 Å². The van der Waals surface area contributed by atoms with Crippen LogP contribution in [0.3, 0.4) is 0 Å². The number of nitriles is 1. The molecule has 0 amide bonds. The van der Waals surface area contributed by atoms with E-state index in [1.165, 1.54) is 0 Å². The van der Waals surface area contributed by atoms with Crippen LogP contribution in [0.15, 0.2) is 60.7 Å². The van der Waals surface area contributed by atoms with Crippen LogP contribution in [0.4, 0.5) is 17.3 Å². The molecular weight excluding hydrogens is 322 g/mol. The van der Waals surface area contributed by atoms with Gasteiger partial charge in [0.15, 0.2) is 5.82 Å².